The van der Waals surface area contributed by atoms with Crippen LogP contribution < -0.4 is 14.2 Å². The number of halogens is 1. The molecule has 11 nitrogen and oxygen atoms in total. The number of anilines is 1. The first-order valence-electron chi connectivity index (χ1n) is 13.8. The largest absolute Gasteiger partial charge is 0.497 e. The zero-order valence-electron chi connectivity index (χ0n) is 24.8. The minimum atomic E-state index is -3.97. The molecule has 3 aromatic rings. The summed E-state index contributed by atoms with van der Waals surface area (Å²) in [6.45, 7) is 3.44. The maximum atomic E-state index is 13.5. The number of fused-ring (bicyclic) bond motifs is 1. The number of amides is 1. The van der Waals surface area contributed by atoms with Crippen LogP contribution in [0.4, 0.5) is 5.69 Å². The highest BCUT2D eigenvalue weighted by Crippen LogP contribution is 2.31. The Labute approximate surface area is 263 Å². The van der Waals surface area contributed by atoms with Gasteiger partial charge in [-0.15, -0.1) is 0 Å². The molecule has 238 valence electrons. The summed E-state index contributed by atoms with van der Waals surface area (Å²) in [7, 11) is -4.94. The second-order valence-corrected chi connectivity index (χ2v) is 14.9. The number of carbonyl (C=O) groups is 1. The number of rotatable bonds is 10. The van der Waals surface area contributed by atoms with E-state index in [0.717, 1.165) is 0 Å². The van der Waals surface area contributed by atoms with Crippen LogP contribution in [0, 0.1) is 5.92 Å². The summed E-state index contributed by atoms with van der Waals surface area (Å²) < 4.78 is 68.1. The highest BCUT2D eigenvalue weighted by atomic mass is 35.5. The summed E-state index contributed by atoms with van der Waals surface area (Å²) in [5.41, 5.74) is 0.617. The van der Waals surface area contributed by atoms with Gasteiger partial charge >= 0.3 is 0 Å². The Morgan fingerprint density at radius 2 is 1.70 bits per heavy atom. The first kappa shape index (κ1) is 33.5. The lowest BCUT2D eigenvalue weighted by Gasteiger charge is -2.33. The quantitative estimate of drug-likeness (QED) is 0.335. The lowest BCUT2D eigenvalue weighted by molar-refractivity contribution is -0.134. The van der Waals surface area contributed by atoms with Crippen molar-refractivity contribution in [2.24, 2.45) is 5.92 Å². The minimum Gasteiger partial charge on any atom is -0.497 e. The maximum absolute atomic E-state index is 13.5. The molecule has 0 saturated carbocycles. The van der Waals surface area contributed by atoms with Crippen LogP contribution in [0.15, 0.2) is 76.5 Å². The fraction of sp³-hybridized carbons (Fsp3) is 0.367. The zero-order valence-corrected chi connectivity index (χ0v) is 27.2. The number of aliphatic hydroxyl groups is 1. The van der Waals surface area contributed by atoms with E-state index in [1.807, 2.05) is 6.92 Å². The van der Waals surface area contributed by atoms with Gasteiger partial charge in [0.15, 0.2) is 0 Å². The summed E-state index contributed by atoms with van der Waals surface area (Å²) >= 11 is 5.94. The molecule has 2 N–H and O–H groups in total. The summed E-state index contributed by atoms with van der Waals surface area (Å²) in [5.74, 6) is 0.184. The van der Waals surface area contributed by atoms with E-state index in [-0.39, 0.29) is 53.4 Å². The van der Waals surface area contributed by atoms with E-state index < -0.39 is 32.2 Å². The van der Waals surface area contributed by atoms with Gasteiger partial charge in [-0.25, -0.2) is 16.8 Å². The topological polar surface area (TPSA) is 143 Å². The van der Waals surface area contributed by atoms with Crippen molar-refractivity contribution in [2.75, 3.05) is 38.6 Å². The normalized spacial score (nSPS) is 18.4. The van der Waals surface area contributed by atoms with E-state index in [9.17, 15) is 26.7 Å². The highest BCUT2D eigenvalue weighted by Gasteiger charge is 2.33. The Morgan fingerprint density at radius 3 is 2.32 bits per heavy atom. The van der Waals surface area contributed by atoms with Crippen molar-refractivity contribution in [2.45, 2.75) is 42.2 Å². The molecular formula is C30H36ClN3O8S2. The highest BCUT2D eigenvalue weighted by molar-refractivity contribution is 7.92. The number of hydrogen-bond donors (Lipinski definition) is 2. The molecule has 14 heteroatoms. The molecular weight excluding hydrogens is 630 g/mol. The third kappa shape index (κ3) is 7.64. The second kappa shape index (κ2) is 13.7. The molecule has 1 amide bonds. The number of ether oxygens (including phenoxy) is 2. The second-order valence-electron chi connectivity index (χ2n) is 10.7. The van der Waals surface area contributed by atoms with Crippen molar-refractivity contribution in [3.8, 4) is 11.5 Å². The Kier molecular flexibility index (Phi) is 10.5. The number of likely N-dealkylation sites (N-methyl/N-ethyl adjacent to an activating group) is 1. The molecule has 1 aliphatic heterocycles. The van der Waals surface area contributed by atoms with Gasteiger partial charge in [-0.3, -0.25) is 9.52 Å². The van der Waals surface area contributed by atoms with Crippen LogP contribution in [-0.2, 0) is 31.3 Å². The predicted molar refractivity (Wildman–Crippen MR) is 167 cm³/mol. The number of benzene rings is 3. The van der Waals surface area contributed by atoms with Gasteiger partial charge in [-0.2, -0.15) is 4.31 Å². The number of aliphatic hydroxyl groups excluding tert-OH is 1. The minimum absolute atomic E-state index is 0.0240. The van der Waals surface area contributed by atoms with Crippen LogP contribution in [0.25, 0.3) is 0 Å². The van der Waals surface area contributed by atoms with Crippen molar-refractivity contribution in [1.29, 1.82) is 0 Å². The van der Waals surface area contributed by atoms with E-state index in [1.54, 1.807) is 13.0 Å². The number of methoxy groups -OCH3 is 1. The molecule has 4 rings (SSSR count). The van der Waals surface area contributed by atoms with Crippen molar-refractivity contribution in [3.63, 3.8) is 0 Å². The lowest BCUT2D eigenvalue weighted by Crippen LogP contribution is -2.48. The summed E-state index contributed by atoms with van der Waals surface area (Å²) in [4.78, 5) is 15.1. The summed E-state index contributed by atoms with van der Waals surface area (Å²) in [6.07, 6.45) is -0.835. The molecule has 1 aliphatic rings. The van der Waals surface area contributed by atoms with Crippen molar-refractivity contribution in [3.05, 3.63) is 77.3 Å². The molecule has 0 unspecified atom stereocenters. The maximum Gasteiger partial charge on any atom is 0.261 e. The average Bonchev–Trinajstić information content (AvgIpc) is 3.04. The first-order chi connectivity index (χ1) is 20.7. The molecule has 0 saturated heterocycles. The molecule has 3 aromatic carbocycles. The predicted octanol–water partition coefficient (Wildman–Crippen LogP) is 3.62. The molecule has 0 spiro atoms. The van der Waals surface area contributed by atoms with Crippen molar-refractivity contribution >= 4 is 43.2 Å². The van der Waals surface area contributed by atoms with Gasteiger partial charge in [0.25, 0.3) is 10.0 Å². The SMILES string of the molecule is COc1ccc(S(=O)(=O)Nc2ccc3c(c2)CC(=O)N([C@H](C)CO)C[C@H](C)[C@H](CN(C)S(=O)(=O)c2ccc(Cl)cc2)O3)cc1. The molecule has 0 radical (unpaired) electrons. The molecule has 0 aromatic heterocycles. The van der Waals surface area contributed by atoms with E-state index in [0.29, 0.717) is 22.1 Å². The van der Waals surface area contributed by atoms with Gasteiger partial charge < -0.3 is 19.5 Å². The van der Waals surface area contributed by atoms with E-state index in [4.69, 9.17) is 21.1 Å². The van der Waals surface area contributed by atoms with E-state index in [2.05, 4.69) is 4.72 Å². The smallest absolute Gasteiger partial charge is 0.261 e. The van der Waals surface area contributed by atoms with Gasteiger partial charge in [-0.1, -0.05) is 18.5 Å². The number of sulfonamides is 2. The van der Waals surface area contributed by atoms with E-state index >= 15 is 0 Å². The Bertz CT molecular complexity index is 1680. The van der Waals surface area contributed by atoms with Crippen molar-refractivity contribution < 1.29 is 36.2 Å². The third-order valence-corrected chi connectivity index (χ3v) is 11.0. The number of nitrogens with one attached hydrogen (secondary N) is 1. The Balaban J connectivity index is 1.67. The first-order valence-corrected chi connectivity index (χ1v) is 17.1. The fourth-order valence-electron chi connectivity index (χ4n) is 4.82. The zero-order chi connectivity index (χ0) is 32.2. The molecule has 0 bridgehead atoms. The molecule has 0 fully saturated rings. The standard InChI is InChI=1S/C30H36ClN3O8S2/c1-20-17-34(21(2)19-35)30(36)16-22-15-24(32-43(37,38)26-12-8-25(41-4)9-13-26)7-14-28(22)42-29(20)18-33(3)44(39,40)27-10-5-23(31)6-11-27/h5-15,20-21,29,32,35H,16-19H2,1-4H3/t20-,21+,29-/m0/s1. The third-order valence-electron chi connectivity index (χ3n) is 7.50. The van der Waals surface area contributed by atoms with Gasteiger partial charge in [0.05, 0.1) is 42.5 Å². The Morgan fingerprint density at radius 1 is 1.07 bits per heavy atom. The Hall–Kier alpha value is -3.36. The van der Waals surface area contributed by atoms with Crippen LogP contribution in [0.3, 0.4) is 0 Å². The van der Waals surface area contributed by atoms with Gasteiger partial charge in [-0.05, 0) is 73.7 Å². The average molecular weight is 666 g/mol. The summed E-state index contributed by atoms with van der Waals surface area (Å²) in [5, 5.41) is 10.3. The lowest BCUT2D eigenvalue weighted by atomic mass is 10.0. The van der Waals surface area contributed by atoms with Crippen LogP contribution >= 0.6 is 11.6 Å². The summed E-state index contributed by atoms with van der Waals surface area (Å²) in [6, 6.07) is 15.8. The van der Waals surface area contributed by atoms with Gasteiger partial charge in [0, 0.05) is 35.8 Å². The molecule has 3 atom stereocenters. The van der Waals surface area contributed by atoms with Crippen LogP contribution in [0.2, 0.25) is 5.02 Å². The van der Waals surface area contributed by atoms with Crippen LogP contribution in [-0.4, -0.2) is 83.1 Å². The van der Waals surface area contributed by atoms with E-state index in [1.165, 1.54) is 84.0 Å². The molecule has 1 heterocycles. The van der Waals surface area contributed by atoms with Crippen LogP contribution in [0.5, 0.6) is 11.5 Å². The monoisotopic (exact) mass is 665 g/mol. The number of hydrogen-bond acceptors (Lipinski definition) is 8. The fourth-order valence-corrected chi connectivity index (χ4v) is 7.18. The van der Waals surface area contributed by atoms with Gasteiger partial charge in [0.1, 0.15) is 17.6 Å². The van der Waals surface area contributed by atoms with Gasteiger partial charge in [0.2, 0.25) is 15.9 Å². The molecule has 0 aliphatic carbocycles. The number of carbonyl (C=O) groups excluding carboxylic acids is 1. The van der Waals surface area contributed by atoms with Crippen LogP contribution in [0.1, 0.15) is 19.4 Å². The number of nitrogens with zero attached hydrogens (tertiary/aromatic N) is 2. The van der Waals surface area contributed by atoms with Crippen molar-refractivity contribution in [1.82, 2.24) is 9.21 Å². The molecule has 44 heavy (non-hydrogen) atoms.